The van der Waals surface area contributed by atoms with Crippen LogP contribution in [-0.2, 0) is 6.42 Å². The molecule has 0 unspecified atom stereocenters. The number of nitrogens with one attached hydrogen (secondary N) is 2. The molecule has 1 aromatic heterocycles. The number of nitrogens with zero attached hydrogens (tertiary/aromatic N) is 1. The topological polar surface area (TPSA) is 67.0 Å². The van der Waals surface area contributed by atoms with E-state index in [4.69, 9.17) is 4.74 Å². The molecule has 1 heterocycles. The van der Waals surface area contributed by atoms with Crippen LogP contribution in [0.4, 0.5) is 10.1 Å². The second-order valence-corrected chi connectivity index (χ2v) is 6.69. The van der Waals surface area contributed by atoms with Gasteiger partial charge in [0.2, 0.25) is 0 Å². The molecule has 0 radical (unpaired) electrons. The number of ether oxygens (including phenoxy) is 1. The molecule has 0 saturated heterocycles. The summed E-state index contributed by atoms with van der Waals surface area (Å²) in [5.41, 5.74) is 2.81. The first-order valence-electron chi connectivity index (χ1n) is 8.77. The summed E-state index contributed by atoms with van der Waals surface area (Å²) >= 11 is 0. The highest BCUT2D eigenvalue weighted by Gasteiger charge is 2.20. The number of aromatic nitrogens is 2. The first-order chi connectivity index (χ1) is 13.0. The molecule has 6 heteroatoms. The van der Waals surface area contributed by atoms with E-state index in [9.17, 15) is 9.18 Å². The minimum Gasteiger partial charge on any atom is -0.497 e. The molecule has 0 aliphatic carbocycles. The van der Waals surface area contributed by atoms with Crippen molar-refractivity contribution in [2.45, 2.75) is 20.3 Å². The maximum Gasteiger partial charge on any atom is 0.258 e. The van der Waals surface area contributed by atoms with Crippen LogP contribution in [0.25, 0.3) is 11.3 Å². The van der Waals surface area contributed by atoms with E-state index < -0.39 is 11.7 Å². The number of carbonyl (C=O) groups is 1. The van der Waals surface area contributed by atoms with Crippen molar-refractivity contribution in [3.63, 3.8) is 0 Å². The molecule has 1 amide bonds. The lowest BCUT2D eigenvalue weighted by Crippen LogP contribution is -2.15. The highest BCUT2D eigenvalue weighted by Crippen LogP contribution is 2.31. The van der Waals surface area contributed by atoms with Crippen LogP contribution in [0.5, 0.6) is 5.75 Å². The van der Waals surface area contributed by atoms with Gasteiger partial charge in [-0.05, 0) is 48.7 Å². The molecule has 0 saturated carbocycles. The van der Waals surface area contributed by atoms with Crippen molar-refractivity contribution in [1.29, 1.82) is 0 Å². The van der Waals surface area contributed by atoms with Gasteiger partial charge in [-0.2, -0.15) is 5.10 Å². The number of anilines is 1. The molecule has 3 rings (SSSR count). The molecule has 0 aliphatic rings. The number of H-pyrrole nitrogens is 1. The summed E-state index contributed by atoms with van der Waals surface area (Å²) in [6, 6.07) is 13.3. The second-order valence-electron chi connectivity index (χ2n) is 6.69. The Labute approximate surface area is 157 Å². The molecule has 0 fully saturated rings. The first kappa shape index (κ1) is 18.6. The smallest absolute Gasteiger partial charge is 0.258 e. The van der Waals surface area contributed by atoms with E-state index in [0.29, 0.717) is 23.7 Å². The van der Waals surface area contributed by atoms with Gasteiger partial charge >= 0.3 is 0 Å². The average molecular weight is 367 g/mol. The molecule has 0 atom stereocenters. The molecule has 0 spiro atoms. The summed E-state index contributed by atoms with van der Waals surface area (Å²) in [7, 11) is 1.60. The molecular weight excluding hydrogens is 345 g/mol. The number of hydrogen-bond donors (Lipinski definition) is 2. The van der Waals surface area contributed by atoms with Crippen LogP contribution >= 0.6 is 0 Å². The number of methoxy groups -OCH3 is 1. The van der Waals surface area contributed by atoms with Crippen molar-refractivity contribution < 1.29 is 13.9 Å². The molecular formula is C21H22FN3O2. The van der Waals surface area contributed by atoms with Gasteiger partial charge in [0.15, 0.2) is 0 Å². The number of benzene rings is 2. The predicted molar refractivity (Wildman–Crippen MR) is 103 cm³/mol. The fourth-order valence-corrected chi connectivity index (χ4v) is 2.85. The van der Waals surface area contributed by atoms with Crippen molar-refractivity contribution in [3.05, 3.63) is 65.6 Å². The van der Waals surface area contributed by atoms with E-state index in [0.717, 1.165) is 17.0 Å². The number of aromatic amines is 1. The lowest BCUT2D eigenvalue weighted by molar-refractivity contribution is 0.102. The SMILES string of the molecule is COc1ccc(-c2n[nH]c(CC(C)C)c2NC(=O)c2ccccc2F)cc1. The van der Waals surface area contributed by atoms with Crippen LogP contribution in [-0.4, -0.2) is 23.2 Å². The van der Waals surface area contributed by atoms with Gasteiger partial charge in [0.1, 0.15) is 17.3 Å². The third kappa shape index (κ3) is 4.16. The lowest BCUT2D eigenvalue weighted by Gasteiger charge is -2.11. The van der Waals surface area contributed by atoms with E-state index in [2.05, 4.69) is 29.4 Å². The van der Waals surface area contributed by atoms with Gasteiger partial charge < -0.3 is 10.1 Å². The highest BCUT2D eigenvalue weighted by molar-refractivity contribution is 6.06. The fourth-order valence-electron chi connectivity index (χ4n) is 2.85. The number of amides is 1. The van der Waals surface area contributed by atoms with Crippen LogP contribution < -0.4 is 10.1 Å². The van der Waals surface area contributed by atoms with E-state index >= 15 is 0 Å². The maximum absolute atomic E-state index is 14.0. The van der Waals surface area contributed by atoms with Crippen molar-refractivity contribution in [2.75, 3.05) is 12.4 Å². The molecule has 5 nitrogen and oxygen atoms in total. The minimum atomic E-state index is -0.560. The highest BCUT2D eigenvalue weighted by atomic mass is 19.1. The molecule has 140 valence electrons. The Morgan fingerprint density at radius 1 is 1.19 bits per heavy atom. The lowest BCUT2D eigenvalue weighted by atomic mass is 10.0. The zero-order chi connectivity index (χ0) is 19.4. The van der Waals surface area contributed by atoms with Gasteiger partial charge in [-0.1, -0.05) is 26.0 Å². The van der Waals surface area contributed by atoms with Crippen molar-refractivity contribution >= 4 is 11.6 Å². The molecule has 2 aromatic carbocycles. The van der Waals surface area contributed by atoms with Gasteiger partial charge in [0.25, 0.3) is 5.91 Å². The summed E-state index contributed by atoms with van der Waals surface area (Å²) in [6.07, 6.45) is 0.704. The summed E-state index contributed by atoms with van der Waals surface area (Å²) in [5.74, 6) is 0.0242. The monoisotopic (exact) mass is 367 g/mol. The number of rotatable bonds is 6. The zero-order valence-corrected chi connectivity index (χ0v) is 15.5. The maximum atomic E-state index is 14.0. The Morgan fingerprint density at radius 2 is 1.89 bits per heavy atom. The van der Waals surface area contributed by atoms with Gasteiger partial charge in [0, 0.05) is 5.56 Å². The summed E-state index contributed by atoms with van der Waals surface area (Å²) in [4.78, 5) is 12.6. The third-order valence-corrected chi connectivity index (χ3v) is 4.17. The normalized spacial score (nSPS) is 10.9. The van der Waals surface area contributed by atoms with Crippen LogP contribution in [0.15, 0.2) is 48.5 Å². The van der Waals surface area contributed by atoms with E-state index in [-0.39, 0.29) is 5.56 Å². The number of halogens is 1. The molecule has 0 bridgehead atoms. The van der Waals surface area contributed by atoms with Crippen molar-refractivity contribution in [3.8, 4) is 17.0 Å². The third-order valence-electron chi connectivity index (χ3n) is 4.17. The first-order valence-corrected chi connectivity index (χ1v) is 8.77. The summed E-state index contributed by atoms with van der Waals surface area (Å²) in [5, 5.41) is 10.2. The van der Waals surface area contributed by atoms with Crippen molar-refractivity contribution in [1.82, 2.24) is 10.2 Å². The van der Waals surface area contributed by atoms with Gasteiger partial charge in [0.05, 0.1) is 24.1 Å². The van der Waals surface area contributed by atoms with E-state index in [1.54, 1.807) is 19.2 Å². The molecule has 27 heavy (non-hydrogen) atoms. The summed E-state index contributed by atoms with van der Waals surface area (Å²) < 4.78 is 19.2. The van der Waals surface area contributed by atoms with Crippen LogP contribution in [0.2, 0.25) is 0 Å². The fraction of sp³-hybridized carbons (Fsp3) is 0.238. The Balaban J connectivity index is 1.99. The Bertz CT molecular complexity index is 933. The van der Waals surface area contributed by atoms with E-state index in [1.807, 2.05) is 24.3 Å². The van der Waals surface area contributed by atoms with E-state index in [1.165, 1.54) is 12.1 Å². The largest absolute Gasteiger partial charge is 0.497 e. The molecule has 2 N–H and O–H groups in total. The van der Waals surface area contributed by atoms with Gasteiger partial charge in [-0.25, -0.2) is 4.39 Å². The predicted octanol–water partition coefficient (Wildman–Crippen LogP) is 4.68. The van der Waals surface area contributed by atoms with Crippen molar-refractivity contribution in [2.24, 2.45) is 5.92 Å². The van der Waals surface area contributed by atoms with Crippen LogP contribution in [0, 0.1) is 11.7 Å². The average Bonchev–Trinajstić information content (AvgIpc) is 3.03. The Morgan fingerprint density at radius 3 is 2.52 bits per heavy atom. The second kappa shape index (κ2) is 8.03. The Kier molecular flexibility index (Phi) is 5.54. The molecule has 3 aromatic rings. The summed E-state index contributed by atoms with van der Waals surface area (Å²) in [6.45, 7) is 4.16. The van der Waals surface area contributed by atoms with Crippen LogP contribution in [0.1, 0.15) is 29.9 Å². The van der Waals surface area contributed by atoms with Crippen LogP contribution in [0.3, 0.4) is 0 Å². The number of hydrogen-bond acceptors (Lipinski definition) is 3. The quantitative estimate of drug-likeness (QED) is 0.665. The number of carbonyl (C=O) groups excluding carboxylic acids is 1. The standard InChI is InChI=1S/C21H22FN3O2/c1-13(2)12-18-20(23-21(26)16-6-4-5-7-17(16)22)19(25-24-18)14-8-10-15(27-3)11-9-14/h4-11,13H,12H2,1-3H3,(H,23,26)(H,24,25). The van der Waals surface area contributed by atoms with Gasteiger partial charge in [-0.3, -0.25) is 9.89 Å². The zero-order valence-electron chi connectivity index (χ0n) is 15.5. The minimum absolute atomic E-state index is 0.00474. The van der Waals surface area contributed by atoms with Gasteiger partial charge in [-0.15, -0.1) is 0 Å². The Hall–Kier alpha value is -3.15. The molecule has 0 aliphatic heterocycles.